The number of cyclic esters (lactones) is 1. The lowest BCUT2D eigenvalue weighted by Crippen LogP contribution is -2.34. The van der Waals surface area contributed by atoms with Crippen LogP contribution >= 0.6 is 11.3 Å². The summed E-state index contributed by atoms with van der Waals surface area (Å²) in [5, 5.41) is 5.21. The summed E-state index contributed by atoms with van der Waals surface area (Å²) in [6.07, 6.45) is 1.09. The summed E-state index contributed by atoms with van der Waals surface area (Å²) in [4.78, 5) is 25.0. The molecular weight excluding hydrogens is 266 g/mol. The van der Waals surface area contributed by atoms with Crippen LogP contribution in [-0.4, -0.2) is 31.7 Å². The lowest BCUT2D eigenvalue weighted by atomic mass is 9.77. The minimum atomic E-state index is -0.621. The van der Waals surface area contributed by atoms with E-state index in [1.165, 1.54) is 7.11 Å². The number of methoxy groups -OCH3 is 1. The lowest BCUT2D eigenvalue weighted by molar-refractivity contribution is -0.147. The van der Waals surface area contributed by atoms with Gasteiger partial charge in [-0.15, -0.1) is 11.3 Å². The Bertz CT molecular complexity index is 501. The average Bonchev–Trinajstić information content (AvgIpc) is 3.11. The zero-order valence-electron chi connectivity index (χ0n) is 10.5. The highest BCUT2D eigenvalue weighted by molar-refractivity contribution is 7.10. The first-order valence-electron chi connectivity index (χ1n) is 6.22. The molecule has 5 nitrogen and oxygen atoms in total. The van der Waals surface area contributed by atoms with Gasteiger partial charge in [0.2, 0.25) is 0 Å². The number of rotatable bonds is 2. The van der Waals surface area contributed by atoms with Crippen LogP contribution in [0.5, 0.6) is 0 Å². The van der Waals surface area contributed by atoms with Crippen LogP contribution < -0.4 is 5.32 Å². The van der Waals surface area contributed by atoms with Crippen LogP contribution in [0.2, 0.25) is 0 Å². The number of ether oxygens (including phenoxy) is 2. The quantitative estimate of drug-likeness (QED) is 0.827. The van der Waals surface area contributed by atoms with E-state index >= 15 is 0 Å². The van der Waals surface area contributed by atoms with Crippen molar-refractivity contribution >= 4 is 23.3 Å². The van der Waals surface area contributed by atoms with E-state index in [4.69, 9.17) is 9.47 Å². The number of esters is 2. The maximum absolute atomic E-state index is 12.2. The van der Waals surface area contributed by atoms with Crippen molar-refractivity contribution in [1.29, 1.82) is 0 Å². The van der Waals surface area contributed by atoms with E-state index in [9.17, 15) is 9.59 Å². The molecule has 1 aromatic rings. The molecule has 1 aromatic heterocycles. The predicted octanol–water partition coefficient (Wildman–Crippen LogP) is 1.26. The molecule has 3 heterocycles. The molecule has 1 N–H and O–H groups in total. The van der Waals surface area contributed by atoms with Crippen LogP contribution in [0.3, 0.4) is 0 Å². The number of hydrogen-bond acceptors (Lipinski definition) is 6. The molecule has 0 bridgehead atoms. The van der Waals surface area contributed by atoms with E-state index in [1.54, 1.807) is 11.3 Å². The van der Waals surface area contributed by atoms with E-state index in [-0.39, 0.29) is 18.0 Å². The monoisotopic (exact) mass is 281 g/mol. The number of carbonyl (C=O) groups excluding carboxylic acids is 2. The molecule has 0 saturated carbocycles. The van der Waals surface area contributed by atoms with Crippen LogP contribution in [-0.2, 0) is 19.1 Å². The fraction of sp³-hybridized carbons (Fsp3) is 0.538. The largest absolute Gasteiger partial charge is 0.468 e. The standard InChI is InChI=1S/C13H15NO4S/c1-17-11(15)8-7-13(4-5-18-12(13)16)10(14-8)9-3-2-6-19-9/h2-3,6,8,10,14H,4-5,7H2,1H3/t8-,10-,13+/m1/s1. The molecule has 0 amide bonds. The van der Waals surface area contributed by atoms with Crippen molar-refractivity contribution in [2.75, 3.05) is 13.7 Å². The van der Waals surface area contributed by atoms with Gasteiger partial charge in [0.15, 0.2) is 0 Å². The van der Waals surface area contributed by atoms with Gasteiger partial charge in [-0.25, -0.2) is 0 Å². The third-order valence-corrected chi connectivity index (χ3v) is 4.93. The number of thiophene rings is 1. The summed E-state index contributed by atoms with van der Waals surface area (Å²) in [6.45, 7) is 0.427. The molecule has 0 aromatic carbocycles. The van der Waals surface area contributed by atoms with E-state index in [0.29, 0.717) is 19.4 Å². The molecule has 2 aliphatic heterocycles. The van der Waals surface area contributed by atoms with Gasteiger partial charge in [0.05, 0.1) is 25.2 Å². The maximum atomic E-state index is 12.2. The molecule has 0 aliphatic carbocycles. The number of nitrogens with one attached hydrogen (secondary N) is 1. The third kappa shape index (κ3) is 1.86. The second-order valence-electron chi connectivity index (χ2n) is 4.94. The fourth-order valence-corrected chi connectivity index (χ4v) is 3.93. The van der Waals surface area contributed by atoms with Crippen molar-refractivity contribution in [1.82, 2.24) is 5.32 Å². The molecule has 102 valence electrons. The highest BCUT2D eigenvalue weighted by Crippen LogP contribution is 2.51. The lowest BCUT2D eigenvalue weighted by Gasteiger charge is -2.25. The highest BCUT2D eigenvalue weighted by atomic mass is 32.1. The Morgan fingerprint density at radius 3 is 3.05 bits per heavy atom. The first-order valence-corrected chi connectivity index (χ1v) is 7.10. The normalized spacial score (nSPS) is 33.6. The summed E-state index contributed by atoms with van der Waals surface area (Å²) in [5.41, 5.74) is -0.621. The predicted molar refractivity (Wildman–Crippen MR) is 68.6 cm³/mol. The zero-order valence-corrected chi connectivity index (χ0v) is 11.4. The van der Waals surface area contributed by atoms with Gasteiger partial charge in [-0.3, -0.25) is 14.9 Å². The Balaban J connectivity index is 1.96. The molecule has 2 fully saturated rings. The Morgan fingerprint density at radius 1 is 1.63 bits per heavy atom. The van der Waals surface area contributed by atoms with Crippen LogP contribution in [0.25, 0.3) is 0 Å². The minimum Gasteiger partial charge on any atom is -0.468 e. The second kappa shape index (κ2) is 4.61. The van der Waals surface area contributed by atoms with Gasteiger partial charge in [0.25, 0.3) is 0 Å². The fourth-order valence-electron chi connectivity index (χ4n) is 3.02. The van der Waals surface area contributed by atoms with Gasteiger partial charge in [-0.05, 0) is 24.3 Å². The minimum absolute atomic E-state index is 0.161. The van der Waals surface area contributed by atoms with Gasteiger partial charge in [-0.2, -0.15) is 0 Å². The van der Waals surface area contributed by atoms with Crippen molar-refractivity contribution in [3.05, 3.63) is 22.4 Å². The van der Waals surface area contributed by atoms with Gasteiger partial charge < -0.3 is 9.47 Å². The van der Waals surface area contributed by atoms with Gasteiger partial charge in [-0.1, -0.05) is 6.07 Å². The van der Waals surface area contributed by atoms with Gasteiger partial charge in [0, 0.05) is 4.88 Å². The van der Waals surface area contributed by atoms with Crippen LogP contribution in [0.4, 0.5) is 0 Å². The maximum Gasteiger partial charge on any atom is 0.322 e. The van der Waals surface area contributed by atoms with Crippen molar-refractivity contribution in [3.63, 3.8) is 0 Å². The molecule has 3 rings (SSSR count). The topological polar surface area (TPSA) is 64.6 Å². The SMILES string of the molecule is COC(=O)[C@H]1C[C@@]2(CCOC2=O)[C@@H](c2cccs2)N1. The van der Waals surface area contributed by atoms with Crippen LogP contribution in [0.1, 0.15) is 23.8 Å². The summed E-state index contributed by atoms with van der Waals surface area (Å²) < 4.78 is 9.94. The molecule has 2 saturated heterocycles. The van der Waals surface area contributed by atoms with Crippen LogP contribution in [0.15, 0.2) is 17.5 Å². The molecule has 1 spiro atoms. The summed E-state index contributed by atoms with van der Waals surface area (Å²) in [5.74, 6) is -0.525. The number of carbonyl (C=O) groups is 2. The first-order chi connectivity index (χ1) is 9.17. The molecular formula is C13H15NO4S. The third-order valence-electron chi connectivity index (χ3n) is 3.99. The zero-order chi connectivity index (χ0) is 13.5. The Morgan fingerprint density at radius 2 is 2.47 bits per heavy atom. The Kier molecular flexibility index (Phi) is 3.06. The van der Waals surface area contributed by atoms with E-state index in [1.807, 2.05) is 17.5 Å². The van der Waals surface area contributed by atoms with Crippen LogP contribution in [0, 0.1) is 5.41 Å². The highest BCUT2D eigenvalue weighted by Gasteiger charge is 2.58. The van der Waals surface area contributed by atoms with Gasteiger partial charge in [0.1, 0.15) is 6.04 Å². The molecule has 6 heteroatoms. The number of hydrogen-bond donors (Lipinski definition) is 1. The van der Waals surface area contributed by atoms with E-state index in [2.05, 4.69) is 5.32 Å². The summed E-state index contributed by atoms with van der Waals surface area (Å²) in [7, 11) is 1.36. The molecule has 3 atom stereocenters. The molecule has 0 unspecified atom stereocenters. The smallest absolute Gasteiger partial charge is 0.322 e. The Hall–Kier alpha value is -1.40. The first kappa shape index (κ1) is 12.6. The van der Waals surface area contributed by atoms with Crippen molar-refractivity contribution in [2.45, 2.75) is 24.9 Å². The van der Waals surface area contributed by atoms with E-state index in [0.717, 1.165) is 4.88 Å². The van der Waals surface area contributed by atoms with Crippen molar-refractivity contribution in [2.24, 2.45) is 5.41 Å². The summed E-state index contributed by atoms with van der Waals surface area (Å²) in [6, 6.07) is 3.32. The molecule has 0 radical (unpaired) electrons. The van der Waals surface area contributed by atoms with Crippen molar-refractivity contribution in [3.8, 4) is 0 Å². The Labute approximate surface area is 114 Å². The average molecular weight is 281 g/mol. The second-order valence-corrected chi connectivity index (χ2v) is 5.92. The molecule has 2 aliphatic rings. The van der Waals surface area contributed by atoms with E-state index < -0.39 is 11.5 Å². The summed E-state index contributed by atoms with van der Waals surface area (Å²) >= 11 is 1.58. The van der Waals surface area contributed by atoms with Gasteiger partial charge >= 0.3 is 11.9 Å². The van der Waals surface area contributed by atoms with Crippen molar-refractivity contribution < 1.29 is 19.1 Å². The molecule has 19 heavy (non-hydrogen) atoms.